The predicted molar refractivity (Wildman–Crippen MR) is 65.0 cm³/mol. The average molecular weight is 220 g/mol. The van der Waals surface area contributed by atoms with Gasteiger partial charge in [0.05, 0.1) is 0 Å². The molecule has 2 atom stereocenters. The number of hydrogen-bond acceptors (Lipinski definition) is 2. The molecular formula is C14H20O2. The number of carbonyl (C=O) groups is 2. The van der Waals surface area contributed by atoms with Gasteiger partial charge < -0.3 is 4.79 Å². The zero-order valence-corrected chi connectivity index (χ0v) is 10.3. The first-order chi connectivity index (χ1) is 7.41. The molecule has 0 amide bonds. The summed E-state index contributed by atoms with van der Waals surface area (Å²) >= 11 is 0. The van der Waals surface area contributed by atoms with Gasteiger partial charge >= 0.3 is 0 Å². The third kappa shape index (κ3) is 2.69. The molecule has 88 valence electrons. The topological polar surface area (TPSA) is 34.1 Å². The summed E-state index contributed by atoms with van der Waals surface area (Å²) in [6.45, 7) is 9.88. The molecule has 0 aromatic heterocycles. The molecule has 0 N–H and O–H groups in total. The van der Waals surface area contributed by atoms with Crippen molar-refractivity contribution in [2.45, 2.75) is 33.6 Å². The molecule has 0 saturated heterocycles. The molecule has 2 nitrogen and oxygen atoms in total. The summed E-state index contributed by atoms with van der Waals surface area (Å²) in [7, 11) is 0. The Labute approximate surface area is 97.4 Å². The van der Waals surface area contributed by atoms with Crippen molar-refractivity contribution in [3.05, 3.63) is 24.3 Å². The molecule has 0 aromatic rings. The van der Waals surface area contributed by atoms with Gasteiger partial charge in [-0.1, -0.05) is 32.9 Å². The van der Waals surface area contributed by atoms with E-state index in [1.807, 2.05) is 13.0 Å². The summed E-state index contributed by atoms with van der Waals surface area (Å²) in [6, 6.07) is 0. The van der Waals surface area contributed by atoms with E-state index in [1.54, 1.807) is 6.08 Å². The fraction of sp³-hybridized carbons (Fsp3) is 0.571. The molecule has 1 rings (SSSR count). The Morgan fingerprint density at radius 3 is 2.56 bits per heavy atom. The molecule has 1 aliphatic carbocycles. The van der Waals surface area contributed by atoms with Crippen LogP contribution in [0.1, 0.15) is 33.6 Å². The zero-order valence-electron chi connectivity index (χ0n) is 10.3. The molecule has 0 fully saturated rings. The van der Waals surface area contributed by atoms with Crippen LogP contribution in [-0.2, 0) is 9.59 Å². The van der Waals surface area contributed by atoms with E-state index in [4.69, 9.17) is 0 Å². The fourth-order valence-electron chi connectivity index (χ4n) is 2.31. The van der Waals surface area contributed by atoms with Gasteiger partial charge in [-0.15, -0.1) is 6.58 Å². The molecule has 0 unspecified atom stereocenters. The summed E-state index contributed by atoms with van der Waals surface area (Å²) in [5, 5.41) is 0. The lowest BCUT2D eigenvalue weighted by atomic mass is 9.84. The molecule has 0 saturated carbocycles. The van der Waals surface area contributed by atoms with Crippen molar-refractivity contribution < 1.29 is 9.59 Å². The van der Waals surface area contributed by atoms with Crippen LogP contribution in [0.3, 0.4) is 0 Å². The minimum absolute atomic E-state index is 0.0134. The van der Waals surface area contributed by atoms with Gasteiger partial charge in [-0.2, -0.15) is 0 Å². The minimum Gasteiger partial charge on any atom is -0.303 e. The number of Topliss-reactive ketones (excluding diaryl/α,β-unsaturated/α-hetero) is 1. The highest BCUT2D eigenvalue weighted by molar-refractivity contribution is 5.99. The van der Waals surface area contributed by atoms with Gasteiger partial charge in [0, 0.05) is 18.8 Å². The summed E-state index contributed by atoms with van der Waals surface area (Å²) in [4.78, 5) is 22.4. The Morgan fingerprint density at radius 2 is 2.19 bits per heavy atom. The number of carbonyl (C=O) groups excluding carboxylic acids is 2. The second-order valence-corrected chi connectivity index (χ2v) is 5.33. The average Bonchev–Trinajstić information content (AvgIpc) is 2.42. The van der Waals surface area contributed by atoms with Crippen LogP contribution in [-0.4, -0.2) is 12.1 Å². The summed E-state index contributed by atoms with van der Waals surface area (Å²) in [6.07, 6.45) is 5.79. The Morgan fingerprint density at radius 1 is 1.56 bits per heavy atom. The Hall–Kier alpha value is -1.18. The SMILES string of the molecule is C=C[C@@H](C1=CC(C)(C)CC1=O)[C@H](C)CC=O. The number of allylic oxidation sites excluding steroid dienone is 3. The van der Waals surface area contributed by atoms with Gasteiger partial charge in [0.1, 0.15) is 6.29 Å². The van der Waals surface area contributed by atoms with Crippen molar-refractivity contribution in [2.24, 2.45) is 17.3 Å². The summed E-state index contributed by atoms with van der Waals surface area (Å²) < 4.78 is 0. The maximum absolute atomic E-state index is 11.9. The van der Waals surface area contributed by atoms with E-state index >= 15 is 0 Å². The van der Waals surface area contributed by atoms with Crippen LogP contribution in [0, 0.1) is 17.3 Å². The first-order valence-corrected chi connectivity index (χ1v) is 5.73. The van der Waals surface area contributed by atoms with Crippen molar-refractivity contribution in [3.63, 3.8) is 0 Å². The molecule has 0 aromatic carbocycles. The van der Waals surface area contributed by atoms with E-state index in [0.717, 1.165) is 11.9 Å². The molecule has 0 radical (unpaired) electrons. The summed E-state index contributed by atoms with van der Waals surface area (Å²) in [5.41, 5.74) is 0.795. The van der Waals surface area contributed by atoms with Crippen LogP contribution in [0.4, 0.5) is 0 Å². The highest BCUT2D eigenvalue weighted by atomic mass is 16.1. The molecule has 16 heavy (non-hydrogen) atoms. The second-order valence-electron chi connectivity index (χ2n) is 5.33. The maximum Gasteiger partial charge on any atom is 0.160 e. The second kappa shape index (κ2) is 4.77. The van der Waals surface area contributed by atoms with E-state index in [2.05, 4.69) is 20.4 Å². The highest BCUT2D eigenvalue weighted by Crippen LogP contribution is 2.38. The molecule has 0 bridgehead atoms. The van der Waals surface area contributed by atoms with Crippen molar-refractivity contribution in [1.82, 2.24) is 0 Å². The number of hydrogen-bond donors (Lipinski definition) is 0. The quantitative estimate of drug-likeness (QED) is 0.527. The zero-order chi connectivity index (χ0) is 12.3. The van der Waals surface area contributed by atoms with Gasteiger partial charge in [-0.05, 0) is 16.9 Å². The van der Waals surface area contributed by atoms with E-state index in [-0.39, 0.29) is 23.0 Å². The Kier molecular flexibility index (Phi) is 3.84. The normalized spacial score (nSPS) is 22.4. The van der Waals surface area contributed by atoms with Crippen LogP contribution in [0.2, 0.25) is 0 Å². The Balaban J connectivity index is 2.93. The van der Waals surface area contributed by atoms with E-state index in [9.17, 15) is 9.59 Å². The lowest BCUT2D eigenvalue weighted by Gasteiger charge is -2.19. The third-order valence-corrected chi connectivity index (χ3v) is 3.18. The van der Waals surface area contributed by atoms with Crippen LogP contribution < -0.4 is 0 Å². The Bertz CT molecular complexity index is 337. The van der Waals surface area contributed by atoms with Gasteiger partial charge in [0.25, 0.3) is 0 Å². The van der Waals surface area contributed by atoms with Crippen molar-refractivity contribution in [2.75, 3.05) is 0 Å². The smallest absolute Gasteiger partial charge is 0.160 e. The monoisotopic (exact) mass is 220 g/mol. The van der Waals surface area contributed by atoms with Crippen molar-refractivity contribution in [1.29, 1.82) is 0 Å². The maximum atomic E-state index is 11.9. The van der Waals surface area contributed by atoms with Crippen LogP contribution in [0.25, 0.3) is 0 Å². The van der Waals surface area contributed by atoms with Gasteiger partial charge in [0.15, 0.2) is 5.78 Å². The molecular weight excluding hydrogens is 200 g/mol. The van der Waals surface area contributed by atoms with Crippen LogP contribution >= 0.6 is 0 Å². The van der Waals surface area contributed by atoms with E-state index in [0.29, 0.717) is 12.8 Å². The van der Waals surface area contributed by atoms with Crippen LogP contribution in [0.5, 0.6) is 0 Å². The first kappa shape index (κ1) is 12.9. The van der Waals surface area contributed by atoms with E-state index < -0.39 is 0 Å². The van der Waals surface area contributed by atoms with Crippen molar-refractivity contribution >= 4 is 12.1 Å². The lowest BCUT2D eigenvalue weighted by molar-refractivity contribution is -0.116. The number of rotatable bonds is 5. The number of aldehydes is 1. The standard InChI is InChI=1S/C14H20O2/c1-5-11(10(2)6-7-15)12-8-14(3,4)9-13(12)16/h5,7-8,10-11H,1,6,9H2,2-4H3/t10-,11-/m1/s1. The lowest BCUT2D eigenvalue weighted by Crippen LogP contribution is -2.16. The molecule has 2 heteroatoms. The van der Waals surface area contributed by atoms with Gasteiger partial charge in [-0.3, -0.25) is 4.79 Å². The number of ketones is 1. The van der Waals surface area contributed by atoms with Crippen LogP contribution in [0.15, 0.2) is 24.3 Å². The first-order valence-electron chi connectivity index (χ1n) is 5.73. The van der Waals surface area contributed by atoms with E-state index in [1.165, 1.54) is 0 Å². The largest absolute Gasteiger partial charge is 0.303 e. The van der Waals surface area contributed by atoms with Gasteiger partial charge in [0.2, 0.25) is 0 Å². The fourth-order valence-corrected chi connectivity index (χ4v) is 2.31. The summed E-state index contributed by atoms with van der Waals surface area (Å²) in [5.74, 6) is 0.367. The molecule has 1 aliphatic rings. The molecule has 0 heterocycles. The third-order valence-electron chi connectivity index (χ3n) is 3.18. The predicted octanol–water partition coefficient (Wildman–Crippen LogP) is 2.94. The molecule has 0 aliphatic heterocycles. The van der Waals surface area contributed by atoms with Crippen molar-refractivity contribution in [3.8, 4) is 0 Å². The minimum atomic E-state index is -0.0470. The molecule has 0 spiro atoms. The highest BCUT2D eigenvalue weighted by Gasteiger charge is 2.34. The van der Waals surface area contributed by atoms with Gasteiger partial charge in [-0.25, -0.2) is 0 Å².